The standard InChI is InChI=1S/C18H12F3N3O3S/c1-27-10-4-2-9(3-5-10)16(25)24-18-23-13(8-28-18)17(26)22-12-7-6-11(19)14(20)15(12)21/h2-8H,1H3,(H,22,26)(H,23,24,25). The lowest BCUT2D eigenvalue weighted by atomic mass is 10.2. The van der Waals surface area contributed by atoms with Gasteiger partial charge in [-0.1, -0.05) is 0 Å². The van der Waals surface area contributed by atoms with Gasteiger partial charge in [0, 0.05) is 10.9 Å². The van der Waals surface area contributed by atoms with Crippen molar-refractivity contribution in [3.8, 4) is 5.75 Å². The van der Waals surface area contributed by atoms with E-state index in [9.17, 15) is 22.8 Å². The van der Waals surface area contributed by atoms with Crippen LogP contribution in [0.3, 0.4) is 0 Å². The Bertz CT molecular complexity index is 1040. The molecule has 10 heteroatoms. The number of thiazole rings is 1. The minimum Gasteiger partial charge on any atom is -0.497 e. The first kappa shape index (κ1) is 19.4. The van der Waals surface area contributed by atoms with E-state index in [1.54, 1.807) is 24.3 Å². The third kappa shape index (κ3) is 4.12. The Morgan fingerprint density at radius 3 is 2.36 bits per heavy atom. The van der Waals surface area contributed by atoms with Crippen LogP contribution in [0.15, 0.2) is 41.8 Å². The molecule has 0 aliphatic heterocycles. The predicted molar refractivity (Wildman–Crippen MR) is 97.3 cm³/mol. The summed E-state index contributed by atoms with van der Waals surface area (Å²) in [4.78, 5) is 28.2. The lowest BCUT2D eigenvalue weighted by Gasteiger charge is -2.06. The van der Waals surface area contributed by atoms with Crippen molar-refractivity contribution in [2.75, 3.05) is 17.7 Å². The number of amides is 2. The summed E-state index contributed by atoms with van der Waals surface area (Å²) in [6.45, 7) is 0. The first-order chi connectivity index (χ1) is 13.4. The maximum atomic E-state index is 13.6. The molecule has 0 aliphatic rings. The van der Waals surface area contributed by atoms with Crippen LogP contribution in [0.2, 0.25) is 0 Å². The number of hydrogen-bond donors (Lipinski definition) is 2. The highest BCUT2D eigenvalue weighted by atomic mass is 32.1. The Hall–Kier alpha value is -3.40. The van der Waals surface area contributed by atoms with Crippen molar-refractivity contribution in [3.63, 3.8) is 0 Å². The van der Waals surface area contributed by atoms with Gasteiger partial charge in [0.25, 0.3) is 11.8 Å². The number of anilines is 2. The Morgan fingerprint density at radius 2 is 1.68 bits per heavy atom. The molecular formula is C18H12F3N3O3S. The summed E-state index contributed by atoms with van der Waals surface area (Å²) in [5, 5.41) is 6.10. The van der Waals surface area contributed by atoms with E-state index in [4.69, 9.17) is 4.74 Å². The van der Waals surface area contributed by atoms with E-state index in [1.165, 1.54) is 12.5 Å². The molecule has 0 unspecified atom stereocenters. The summed E-state index contributed by atoms with van der Waals surface area (Å²) in [6, 6.07) is 7.93. The number of carbonyl (C=O) groups excluding carboxylic acids is 2. The molecule has 0 fully saturated rings. The van der Waals surface area contributed by atoms with Crippen molar-refractivity contribution in [1.82, 2.24) is 4.98 Å². The van der Waals surface area contributed by atoms with Gasteiger partial charge in [-0.2, -0.15) is 0 Å². The lowest BCUT2D eigenvalue weighted by molar-refractivity contribution is 0.101. The van der Waals surface area contributed by atoms with E-state index in [0.717, 1.165) is 17.4 Å². The van der Waals surface area contributed by atoms with Gasteiger partial charge in [-0.15, -0.1) is 11.3 Å². The minimum atomic E-state index is -1.69. The van der Waals surface area contributed by atoms with E-state index < -0.39 is 35.0 Å². The molecule has 2 amide bonds. The molecule has 1 heterocycles. The average Bonchev–Trinajstić information content (AvgIpc) is 3.17. The molecule has 0 saturated carbocycles. The van der Waals surface area contributed by atoms with Crippen molar-refractivity contribution in [3.05, 3.63) is 70.5 Å². The molecule has 144 valence electrons. The molecule has 0 bridgehead atoms. The molecule has 28 heavy (non-hydrogen) atoms. The molecule has 6 nitrogen and oxygen atoms in total. The van der Waals surface area contributed by atoms with Gasteiger partial charge in [-0.25, -0.2) is 18.2 Å². The van der Waals surface area contributed by atoms with Crippen LogP contribution < -0.4 is 15.4 Å². The maximum absolute atomic E-state index is 13.6. The fraction of sp³-hybridized carbons (Fsp3) is 0.0556. The molecular weight excluding hydrogens is 395 g/mol. The van der Waals surface area contributed by atoms with Crippen molar-refractivity contribution in [1.29, 1.82) is 0 Å². The number of halogens is 3. The summed E-state index contributed by atoms with van der Waals surface area (Å²) >= 11 is 0.972. The highest BCUT2D eigenvalue weighted by molar-refractivity contribution is 7.14. The smallest absolute Gasteiger partial charge is 0.275 e. The highest BCUT2D eigenvalue weighted by Gasteiger charge is 2.18. The lowest BCUT2D eigenvalue weighted by Crippen LogP contribution is -2.15. The van der Waals surface area contributed by atoms with Gasteiger partial charge in [0.2, 0.25) is 0 Å². The first-order valence-electron chi connectivity index (χ1n) is 7.75. The number of nitrogens with one attached hydrogen (secondary N) is 2. The van der Waals surface area contributed by atoms with Gasteiger partial charge in [0.05, 0.1) is 12.8 Å². The zero-order valence-electron chi connectivity index (χ0n) is 14.3. The number of methoxy groups -OCH3 is 1. The van der Waals surface area contributed by atoms with Crippen LogP contribution in [0.4, 0.5) is 24.0 Å². The van der Waals surface area contributed by atoms with Gasteiger partial charge >= 0.3 is 0 Å². The molecule has 1 aromatic heterocycles. The second kappa shape index (κ2) is 8.09. The average molecular weight is 407 g/mol. The molecule has 0 spiro atoms. The molecule has 0 radical (unpaired) electrons. The van der Waals surface area contributed by atoms with Gasteiger partial charge in [0.15, 0.2) is 22.6 Å². The Labute approximate surface area is 161 Å². The largest absolute Gasteiger partial charge is 0.497 e. The fourth-order valence-electron chi connectivity index (χ4n) is 2.16. The number of ether oxygens (including phenoxy) is 1. The van der Waals surface area contributed by atoms with Crippen LogP contribution in [0.5, 0.6) is 5.75 Å². The normalized spacial score (nSPS) is 10.4. The van der Waals surface area contributed by atoms with Crippen LogP contribution in [-0.2, 0) is 0 Å². The van der Waals surface area contributed by atoms with E-state index in [0.29, 0.717) is 17.4 Å². The monoisotopic (exact) mass is 407 g/mol. The van der Waals surface area contributed by atoms with Crippen LogP contribution in [0.1, 0.15) is 20.8 Å². The number of nitrogens with zero attached hydrogens (tertiary/aromatic N) is 1. The van der Waals surface area contributed by atoms with Crippen LogP contribution in [0.25, 0.3) is 0 Å². The zero-order valence-corrected chi connectivity index (χ0v) is 15.1. The van der Waals surface area contributed by atoms with Crippen molar-refractivity contribution >= 4 is 34.0 Å². The molecule has 2 aromatic carbocycles. The first-order valence-corrected chi connectivity index (χ1v) is 8.62. The highest BCUT2D eigenvalue weighted by Crippen LogP contribution is 2.22. The Morgan fingerprint density at radius 1 is 0.964 bits per heavy atom. The Kier molecular flexibility index (Phi) is 5.59. The topological polar surface area (TPSA) is 80.3 Å². The van der Waals surface area contributed by atoms with E-state index in [2.05, 4.69) is 15.6 Å². The fourth-order valence-corrected chi connectivity index (χ4v) is 2.84. The quantitative estimate of drug-likeness (QED) is 0.625. The van der Waals surface area contributed by atoms with Gasteiger partial charge in [-0.3, -0.25) is 14.9 Å². The number of benzene rings is 2. The van der Waals surface area contributed by atoms with Crippen LogP contribution >= 0.6 is 11.3 Å². The number of aromatic nitrogens is 1. The third-order valence-corrected chi connectivity index (χ3v) is 4.35. The minimum absolute atomic E-state index is 0.126. The molecule has 0 aliphatic carbocycles. The molecule has 2 N–H and O–H groups in total. The summed E-state index contributed by atoms with van der Waals surface area (Å²) in [7, 11) is 1.50. The van der Waals surface area contributed by atoms with Crippen molar-refractivity contribution in [2.45, 2.75) is 0 Å². The van der Waals surface area contributed by atoms with E-state index >= 15 is 0 Å². The molecule has 0 atom stereocenters. The van der Waals surface area contributed by atoms with Crippen LogP contribution in [0, 0.1) is 17.5 Å². The summed E-state index contributed by atoms with van der Waals surface area (Å²) in [6.07, 6.45) is 0. The summed E-state index contributed by atoms with van der Waals surface area (Å²) in [5.41, 5.74) is -0.300. The second-order valence-electron chi connectivity index (χ2n) is 5.40. The van der Waals surface area contributed by atoms with Gasteiger partial charge in [-0.05, 0) is 36.4 Å². The number of hydrogen-bond acceptors (Lipinski definition) is 5. The summed E-state index contributed by atoms with van der Waals surface area (Å²) in [5.74, 6) is -5.27. The molecule has 3 aromatic rings. The SMILES string of the molecule is COc1ccc(C(=O)Nc2nc(C(=O)Nc3ccc(F)c(F)c3F)cs2)cc1. The van der Waals surface area contributed by atoms with Crippen LogP contribution in [-0.4, -0.2) is 23.9 Å². The maximum Gasteiger partial charge on any atom is 0.275 e. The second-order valence-corrected chi connectivity index (χ2v) is 6.26. The van der Waals surface area contributed by atoms with Crippen molar-refractivity contribution in [2.24, 2.45) is 0 Å². The molecule has 3 rings (SSSR count). The van der Waals surface area contributed by atoms with Gasteiger partial charge in [0.1, 0.15) is 11.4 Å². The third-order valence-electron chi connectivity index (χ3n) is 3.59. The van der Waals surface area contributed by atoms with Crippen molar-refractivity contribution < 1.29 is 27.5 Å². The van der Waals surface area contributed by atoms with E-state index in [1.807, 2.05) is 0 Å². The predicted octanol–water partition coefficient (Wildman–Crippen LogP) is 4.07. The zero-order chi connectivity index (χ0) is 20.3. The van der Waals surface area contributed by atoms with E-state index in [-0.39, 0.29) is 10.8 Å². The Balaban J connectivity index is 1.68. The number of rotatable bonds is 5. The molecule has 0 saturated heterocycles. The van der Waals surface area contributed by atoms with Gasteiger partial charge < -0.3 is 10.1 Å². The summed E-state index contributed by atoms with van der Waals surface area (Å²) < 4.78 is 44.8. The number of carbonyl (C=O) groups is 2.